The molecule has 0 aliphatic rings. The van der Waals surface area contributed by atoms with Crippen LogP contribution in [0.25, 0.3) is 0 Å². The van der Waals surface area contributed by atoms with Gasteiger partial charge in [0, 0.05) is 11.5 Å². The Balaban J connectivity index is 2.18. The molecule has 0 bridgehead atoms. The number of thioether (sulfide) groups is 1. The fourth-order valence-electron chi connectivity index (χ4n) is 1.64. The van der Waals surface area contributed by atoms with E-state index in [0.29, 0.717) is 0 Å². The molecule has 0 unspecified atom stereocenters. The third-order valence-corrected chi connectivity index (χ3v) is 3.69. The summed E-state index contributed by atoms with van der Waals surface area (Å²) < 4.78 is 0. The summed E-state index contributed by atoms with van der Waals surface area (Å²) in [6.45, 7) is 6.56. The third-order valence-electron chi connectivity index (χ3n) is 2.75. The molecule has 0 N–H and O–H groups in total. The Bertz CT molecular complexity index is 383. The third kappa shape index (κ3) is 7.39. The van der Waals surface area contributed by atoms with E-state index in [1.807, 2.05) is 11.8 Å². The zero-order valence-corrected chi connectivity index (χ0v) is 12.6. The highest BCUT2D eigenvalue weighted by Gasteiger charge is 1.92. The lowest BCUT2D eigenvalue weighted by Crippen LogP contribution is -1.83. The van der Waals surface area contributed by atoms with Crippen LogP contribution < -0.4 is 0 Å². The maximum Gasteiger partial charge on any atom is 0.0187 e. The summed E-state index contributed by atoms with van der Waals surface area (Å²) >= 11 is 1.98. The summed E-state index contributed by atoms with van der Waals surface area (Å²) in [5.41, 5.74) is 4.34. The molecule has 0 heterocycles. The monoisotopic (exact) mass is 260 g/mol. The van der Waals surface area contributed by atoms with Crippen molar-refractivity contribution in [2.75, 3.05) is 5.75 Å². The lowest BCUT2D eigenvalue weighted by atomic mass is 10.1. The van der Waals surface area contributed by atoms with Crippen molar-refractivity contribution in [3.8, 4) is 0 Å². The second-order valence-electron chi connectivity index (χ2n) is 4.87. The van der Waals surface area contributed by atoms with E-state index in [2.05, 4.69) is 63.3 Å². The minimum atomic E-state index is 1.11. The Kier molecular flexibility index (Phi) is 7.59. The van der Waals surface area contributed by atoms with E-state index in [9.17, 15) is 0 Å². The summed E-state index contributed by atoms with van der Waals surface area (Å²) in [5, 5.41) is 0. The van der Waals surface area contributed by atoms with Crippen molar-refractivity contribution in [3.63, 3.8) is 0 Å². The molecule has 0 spiro atoms. The normalized spacial score (nSPS) is 11.4. The van der Waals surface area contributed by atoms with Gasteiger partial charge < -0.3 is 0 Å². The Morgan fingerprint density at radius 2 is 1.78 bits per heavy atom. The Hall–Kier alpha value is -0.950. The van der Waals surface area contributed by atoms with E-state index >= 15 is 0 Å². The highest BCUT2D eigenvalue weighted by molar-refractivity contribution is 7.98. The van der Waals surface area contributed by atoms with Crippen LogP contribution in [0, 0.1) is 0 Å². The molecule has 0 saturated carbocycles. The zero-order valence-electron chi connectivity index (χ0n) is 11.8. The van der Waals surface area contributed by atoms with Crippen LogP contribution in [0.3, 0.4) is 0 Å². The smallest absolute Gasteiger partial charge is 0.0187 e. The molecule has 0 amide bonds. The number of hydrogen-bond acceptors (Lipinski definition) is 1. The van der Waals surface area contributed by atoms with Crippen molar-refractivity contribution >= 4 is 11.8 Å². The quantitative estimate of drug-likeness (QED) is 0.453. The Morgan fingerprint density at radius 3 is 2.44 bits per heavy atom. The molecule has 0 aliphatic carbocycles. The van der Waals surface area contributed by atoms with Crippen LogP contribution in [0.1, 0.15) is 39.2 Å². The molecule has 1 heteroatoms. The fraction of sp³-hybridized carbons (Fsp3) is 0.412. The predicted molar refractivity (Wildman–Crippen MR) is 85.0 cm³/mol. The first kappa shape index (κ1) is 15.1. The number of hydrogen-bond donors (Lipinski definition) is 0. The van der Waals surface area contributed by atoms with Crippen LogP contribution in [0.4, 0.5) is 0 Å². The van der Waals surface area contributed by atoms with E-state index in [1.54, 1.807) is 0 Å². The first-order valence-corrected chi connectivity index (χ1v) is 7.74. The predicted octanol–water partition coefficient (Wildman–Crippen LogP) is 5.61. The molecule has 0 aliphatic heterocycles. The van der Waals surface area contributed by atoms with E-state index in [0.717, 1.165) is 11.5 Å². The van der Waals surface area contributed by atoms with Crippen LogP contribution in [0.15, 0.2) is 53.6 Å². The van der Waals surface area contributed by atoms with Crippen molar-refractivity contribution in [2.45, 2.75) is 39.4 Å². The summed E-state index contributed by atoms with van der Waals surface area (Å²) in [6, 6.07) is 10.7. The lowest BCUT2D eigenvalue weighted by molar-refractivity contribution is 0.964. The molecule has 0 saturated heterocycles. The molecule has 0 aromatic heterocycles. The molecule has 0 atom stereocenters. The van der Waals surface area contributed by atoms with Crippen molar-refractivity contribution in [3.05, 3.63) is 59.2 Å². The average molecular weight is 260 g/mol. The fourth-order valence-corrected chi connectivity index (χ4v) is 2.59. The van der Waals surface area contributed by atoms with Crippen LogP contribution in [-0.4, -0.2) is 5.75 Å². The minimum absolute atomic E-state index is 1.11. The first-order chi connectivity index (χ1) is 8.68. The summed E-state index contributed by atoms with van der Waals surface area (Å²) in [5.74, 6) is 2.23. The largest absolute Gasteiger partial charge is 0.153 e. The standard InChI is InChI=1S/C17H24S/c1-15(2)8-7-9-16(3)12-13-18-14-17-10-5-4-6-11-17/h4-6,8,10-12H,7,9,13-14H2,1-3H3/b16-12+. The van der Waals surface area contributed by atoms with Crippen LogP contribution >= 0.6 is 11.8 Å². The molecule has 0 fully saturated rings. The zero-order chi connectivity index (χ0) is 13.2. The van der Waals surface area contributed by atoms with E-state index in [-0.39, 0.29) is 0 Å². The maximum atomic E-state index is 2.37. The molecule has 1 aromatic carbocycles. The van der Waals surface area contributed by atoms with Gasteiger partial charge in [-0.2, -0.15) is 11.8 Å². The number of allylic oxidation sites excluding steroid dienone is 3. The average Bonchev–Trinajstić information content (AvgIpc) is 2.35. The lowest BCUT2D eigenvalue weighted by Gasteiger charge is -2.01. The summed E-state index contributed by atoms with van der Waals surface area (Å²) in [6.07, 6.45) is 7.05. The highest BCUT2D eigenvalue weighted by Crippen LogP contribution is 2.14. The van der Waals surface area contributed by atoms with Crippen molar-refractivity contribution in [2.24, 2.45) is 0 Å². The molecule has 0 radical (unpaired) electrons. The van der Waals surface area contributed by atoms with E-state index < -0.39 is 0 Å². The van der Waals surface area contributed by atoms with Gasteiger partial charge in [0.1, 0.15) is 0 Å². The second-order valence-corrected chi connectivity index (χ2v) is 5.90. The van der Waals surface area contributed by atoms with Gasteiger partial charge in [-0.3, -0.25) is 0 Å². The van der Waals surface area contributed by atoms with Gasteiger partial charge in [0.2, 0.25) is 0 Å². The van der Waals surface area contributed by atoms with Gasteiger partial charge in [0.25, 0.3) is 0 Å². The van der Waals surface area contributed by atoms with Gasteiger partial charge in [0.05, 0.1) is 0 Å². The summed E-state index contributed by atoms with van der Waals surface area (Å²) in [7, 11) is 0. The molecule has 98 valence electrons. The van der Waals surface area contributed by atoms with Gasteiger partial charge >= 0.3 is 0 Å². The van der Waals surface area contributed by atoms with Gasteiger partial charge in [-0.15, -0.1) is 0 Å². The van der Waals surface area contributed by atoms with Crippen LogP contribution in [0.2, 0.25) is 0 Å². The first-order valence-electron chi connectivity index (χ1n) is 6.59. The second kappa shape index (κ2) is 9.04. The Labute approximate surface area is 116 Å². The molecular formula is C17H24S. The SMILES string of the molecule is CC(C)=CCC/C(C)=C/CSCc1ccccc1. The molecule has 1 rings (SSSR count). The molecular weight excluding hydrogens is 236 g/mol. The molecule has 18 heavy (non-hydrogen) atoms. The van der Waals surface area contributed by atoms with Gasteiger partial charge in [0.15, 0.2) is 0 Å². The van der Waals surface area contributed by atoms with Crippen molar-refractivity contribution < 1.29 is 0 Å². The minimum Gasteiger partial charge on any atom is -0.153 e. The van der Waals surface area contributed by atoms with Crippen LogP contribution in [0.5, 0.6) is 0 Å². The van der Waals surface area contributed by atoms with E-state index in [1.165, 1.54) is 29.6 Å². The number of rotatable bonds is 7. The maximum absolute atomic E-state index is 2.37. The van der Waals surface area contributed by atoms with Crippen LogP contribution in [-0.2, 0) is 5.75 Å². The molecule has 1 aromatic rings. The summed E-state index contributed by atoms with van der Waals surface area (Å²) in [4.78, 5) is 0. The highest BCUT2D eigenvalue weighted by atomic mass is 32.2. The van der Waals surface area contributed by atoms with Crippen molar-refractivity contribution in [1.82, 2.24) is 0 Å². The van der Waals surface area contributed by atoms with Crippen molar-refractivity contribution in [1.29, 1.82) is 0 Å². The molecule has 0 nitrogen and oxygen atoms in total. The number of benzene rings is 1. The Morgan fingerprint density at radius 1 is 1.06 bits per heavy atom. The van der Waals surface area contributed by atoms with E-state index in [4.69, 9.17) is 0 Å². The topological polar surface area (TPSA) is 0 Å². The van der Waals surface area contributed by atoms with Gasteiger partial charge in [-0.05, 0) is 39.2 Å². The van der Waals surface area contributed by atoms with Gasteiger partial charge in [-0.1, -0.05) is 53.6 Å². The van der Waals surface area contributed by atoms with Gasteiger partial charge in [-0.25, -0.2) is 0 Å².